The van der Waals surface area contributed by atoms with Crippen LogP contribution in [-0.4, -0.2) is 49.7 Å². The first-order chi connectivity index (χ1) is 13.2. The molecule has 2 rings (SSSR count). The molecule has 1 saturated heterocycles. The lowest BCUT2D eigenvalue weighted by molar-refractivity contribution is -0.149. The molecular weight excluding hydrogens is 469 g/mol. The van der Waals surface area contributed by atoms with E-state index in [2.05, 4.69) is 41.4 Å². The van der Waals surface area contributed by atoms with Crippen molar-refractivity contribution >= 4 is 35.9 Å². The maximum Gasteiger partial charge on any atom is 0.310 e. The maximum atomic E-state index is 12.1. The molecule has 6 nitrogen and oxygen atoms in total. The van der Waals surface area contributed by atoms with E-state index in [1.165, 1.54) is 5.56 Å². The molecule has 0 radical (unpaired) electrons. The van der Waals surface area contributed by atoms with Gasteiger partial charge in [-0.1, -0.05) is 24.3 Å². The summed E-state index contributed by atoms with van der Waals surface area (Å²) in [5.74, 6) is 0.702. The summed E-state index contributed by atoms with van der Waals surface area (Å²) in [4.78, 5) is 19.1. The Bertz CT molecular complexity index is 607. The molecular formula is C21H34IN3O3. The summed E-state index contributed by atoms with van der Waals surface area (Å²) in [5, 5.41) is 3.36. The summed E-state index contributed by atoms with van der Waals surface area (Å²) in [6.07, 6.45) is 1.86. The lowest BCUT2D eigenvalue weighted by Gasteiger charge is -2.34. The second-order valence-corrected chi connectivity index (χ2v) is 6.66. The van der Waals surface area contributed by atoms with Crippen LogP contribution in [0.4, 0.5) is 0 Å². The highest BCUT2D eigenvalue weighted by atomic mass is 127. The van der Waals surface area contributed by atoms with Gasteiger partial charge in [-0.2, -0.15) is 0 Å². The number of hydrogen-bond acceptors (Lipinski definition) is 4. The van der Waals surface area contributed by atoms with E-state index in [1.54, 1.807) is 0 Å². The molecule has 0 bridgehead atoms. The third-order valence-corrected chi connectivity index (χ3v) is 4.58. The number of esters is 1. The van der Waals surface area contributed by atoms with E-state index >= 15 is 0 Å². The third-order valence-electron chi connectivity index (χ3n) is 4.58. The predicted octanol–water partition coefficient (Wildman–Crippen LogP) is 3.58. The standard InChI is InChI=1S/C21H33N3O3.HI/c1-4-22-21(24-13-7-8-19(15-24)20(25)27-6-3)23-14-17-9-11-18(12-10-17)16-26-5-2;/h9-12,19H,4-8,13-16H2,1-3H3,(H,22,23);1H. The van der Waals surface area contributed by atoms with Crippen LogP contribution in [0.5, 0.6) is 0 Å². The monoisotopic (exact) mass is 503 g/mol. The first-order valence-electron chi connectivity index (χ1n) is 10.0. The quantitative estimate of drug-likeness (QED) is 0.254. The van der Waals surface area contributed by atoms with Crippen LogP contribution < -0.4 is 5.32 Å². The zero-order chi connectivity index (χ0) is 19.5. The first kappa shape index (κ1) is 24.7. The number of carbonyl (C=O) groups excluding carboxylic acids is 1. The molecule has 1 N–H and O–H groups in total. The van der Waals surface area contributed by atoms with Gasteiger partial charge in [0.1, 0.15) is 0 Å². The van der Waals surface area contributed by atoms with Crippen molar-refractivity contribution < 1.29 is 14.3 Å². The Kier molecular flexibility index (Phi) is 12.1. The second kappa shape index (κ2) is 13.8. The Morgan fingerprint density at radius 1 is 1.18 bits per heavy atom. The summed E-state index contributed by atoms with van der Waals surface area (Å²) >= 11 is 0. The van der Waals surface area contributed by atoms with Crippen LogP contribution >= 0.6 is 24.0 Å². The van der Waals surface area contributed by atoms with E-state index < -0.39 is 0 Å². The zero-order valence-corrected chi connectivity index (χ0v) is 19.6. The molecule has 1 heterocycles. The highest BCUT2D eigenvalue weighted by Crippen LogP contribution is 2.18. The van der Waals surface area contributed by atoms with Crippen LogP contribution in [0.2, 0.25) is 0 Å². The molecule has 7 heteroatoms. The van der Waals surface area contributed by atoms with Crippen molar-refractivity contribution in [2.75, 3.05) is 32.8 Å². The molecule has 0 aliphatic carbocycles. The van der Waals surface area contributed by atoms with E-state index in [9.17, 15) is 4.79 Å². The number of likely N-dealkylation sites (tertiary alicyclic amines) is 1. The van der Waals surface area contributed by atoms with Gasteiger partial charge in [0.05, 0.1) is 25.7 Å². The Labute approximate surface area is 186 Å². The smallest absolute Gasteiger partial charge is 0.310 e. The summed E-state index contributed by atoms with van der Waals surface area (Å²) in [7, 11) is 0. The van der Waals surface area contributed by atoms with Crippen molar-refractivity contribution in [2.45, 2.75) is 46.8 Å². The largest absolute Gasteiger partial charge is 0.466 e. The van der Waals surface area contributed by atoms with E-state index in [0.717, 1.165) is 44.1 Å². The molecule has 1 unspecified atom stereocenters. The summed E-state index contributed by atoms with van der Waals surface area (Å²) in [6.45, 7) is 10.7. The molecule has 28 heavy (non-hydrogen) atoms. The molecule has 1 fully saturated rings. The van der Waals surface area contributed by atoms with Crippen LogP contribution in [0.3, 0.4) is 0 Å². The number of hydrogen-bond donors (Lipinski definition) is 1. The highest BCUT2D eigenvalue weighted by Gasteiger charge is 2.28. The first-order valence-corrected chi connectivity index (χ1v) is 10.0. The van der Waals surface area contributed by atoms with Gasteiger partial charge in [-0.15, -0.1) is 24.0 Å². The van der Waals surface area contributed by atoms with Crippen molar-refractivity contribution in [3.05, 3.63) is 35.4 Å². The lowest BCUT2D eigenvalue weighted by Crippen LogP contribution is -2.48. The number of nitrogens with zero attached hydrogens (tertiary/aromatic N) is 2. The van der Waals surface area contributed by atoms with Gasteiger partial charge in [0.2, 0.25) is 0 Å². The van der Waals surface area contributed by atoms with Crippen LogP contribution in [0, 0.1) is 5.92 Å². The average molecular weight is 503 g/mol. The Morgan fingerprint density at radius 3 is 2.54 bits per heavy atom. The molecule has 0 spiro atoms. The minimum Gasteiger partial charge on any atom is -0.466 e. The van der Waals surface area contributed by atoms with E-state index in [1.807, 2.05) is 13.8 Å². The predicted molar refractivity (Wildman–Crippen MR) is 123 cm³/mol. The Balaban J connectivity index is 0.00000392. The SMILES string of the molecule is CCNC(=NCc1ccc(COCC)cc1)N1CCCC(C(=O)OCC)C1.I. The summed E-state index contributed by atoms with van der Waals surface area (Å²) in [6, 6.07) is 8.37. The van der Waals surface area contributed by atoms with Crippen LogP contribution in [0.25, 0.3) is 0 Å². The number of rotatable bonds is 8. The lowest BCUT2D eigenvalue weighted by atomic mass is 9.98. The number of ether oxygens (including phenoxy) is 2. The van der Waals surface area contributed by atoms with Gasteiger partial charge >= 0.3 is 5.97 Å². The van der Waals surface area contributed by atoms with Gasteiger partial charge in [0, 0.05) is 26.2 Å². The van der Waals surface area contributed by atoms with Crippen molar-refractivity contribution in [3.63, 3.8) is 0 Å². The molecule has 0 saturated carbocycles. The zero-order valence-electron chi connectivity index (χ0n) is 17.3. The van der Waals surface area contributed by atoms with Crippen molar-refractivity contribution in [1.29, 1.82) is 0 Å². The molecule has 0 aromatic heterocycles. The number of carbonyl (C=O) groups is 1. The van der Waals surface area contributed by atoms with Crippen LogP contribution in [0.1, 0.15) is 44.7 Å². The van der Waals surface area contributed by atoms with Gasteiger partial charge in [0.15, 0.2) is 5.96 Å². The Morgan fingerprint density at radius 2 is 1.89 bits per heavy atom. The van der Waals surface area contributed by atoms with Gasteiger partial charge in [-0.05, 0) is 44.7 Å². The van der Waals surface area contributed by atoms with E-state index in [0.29, 0.717) is 26.3 Å². The molecule has 1 aliphatic heterocycles. The fourth-order valence-electron chi connectivity index (χ4n) is 3.17. The Hall–Kier alpha value is -1.35. The minimum atomic E-state index is -0.0945. The van der Waals surface area contributed by atoms with Gasteiger partial charge in [-0.25, -0.2) is 4.99 Å². The number of benzene rings is 1. The normalized spacial score (nSPS) is 17.0. The fourth-order valence-corrected chi connectivity index (χ4v) is 3.17. The number of guanidine groups is 1. The number of nitrogens with one attached hydrogen (secondary N) is 1. The molecule has 1 aliphatic rings. The maximum absolute atomic E-state index is 12.1. The van der Waals surface area contributed by atoms with Gasteiger partial charge in [0.25, 0.3) is 0 Å². The second-order valence-electron chi connectivity index (χ2n) is 6.66. The summed E-state index contributed by atoms with van der Waals surface area (Å²) < 4.78 is 10.6. The van der Waals surface area contributed by atoms with Crippen molar-refractivity contribution in [2.24, 2.45) is 10.9 Å². The fraction of sp³-hybridized carbons (Fsp3) is 0.619. The highest BCUT2D eigenvalue weighted by molar-refractivity contribution is 14.0. The summed E-state index contributed by atoms with van der Waals surface area (Å²) in [5.41, 5.74) is 2.33. The van der Waals surface area contributed by atoms with E-state index in [4.69, 9.17) is 14.5 Å². The molecule has 0 amide bonds. The number of halogens is 1. The van der Waals surface area contributed by atoms with Crippen molar-refractivity contribution in [1.82, 2.24) is 10.2 Å². The van der Waals surface area contributed by atoms with Gasteiger partial charge in [-0.3, -0.25) is 4.79 Å². The van der Waals surface area contributed by atoms with Gasteiger partial charge < -0.3 is 19.7 Å². The molecule has 1 aromatic carbocycles. The number of piperidine rings is 1. The van der Waals surface area contributed by atoms with E-state index in [-0.39, 0.29) is 35.9 Å². The number of aliphatic imine (C=N–C) groups is 1. The molecule has 158 valence electrons. The third kappa shape index (κ3) is 7.95. The van der Waals surface area contributed by atoms with Crippen molar-refractivity contribution in [3.8, 4) is 0 Å². The average Bonchev–Trinajstić information content (AvgIpc) is 2.70. The topological polar surface area (TPSA) is 63.2 Å². The van der Waals surface area contributed by atoms with Crippen LogP contribution in [-0.2, 0) is 27.4 Å². The molecule has 1 aromatic rings. The van der Waals surface area contributed by atoms with Crippen LogP contribution in [0.15, 0.2) is 29.3 Å². The molecule has 1 atom stereocenters. The minimum absolute atomic E-state index is 0.